The Bertz CT molecular complexity index is 506. The Kier molecular flexibility index (Phi) is 2.00. The molecule has 0 spiro atoms. The summed E-state index contributed by atoms with van der Waals surface area (Å²) in [6.07, 6.45) is 3.30. The Balaban J connectivity index is 2.69. The predicted molar refractivity (Wildman–Crippen MR) is 54.3 cm³/mol. The first kappa shape index (κ1) is 8.81. The van der Waals surface area contributed by atoms with Crippen molar-refractivity contribution >= 4 is 16.7 Å². The van der Waals surface area contributed by atoms with Crippen molar-refractivity contribution in [3.8, 4) is 0 Å². The van der Waals surface area contributed by atoms with Gasteiger partial charge in [-0.1, -0.05) is 0 Å². The lowest BCUT2D eigenvalue weighted by molar-refractivity contribution is 0.101. The molecule has 0 unspecified atom stereocenters. The van der Waals surface area contributed by atoms with Gasteiger partial charge in [0.25, 0.3) is 0 Å². The molecule has 70 valence electrons. The van der Waals surface area contributed by atoms with E-state index in [-0.39, 0.29) is 5.78 Å². The molecule has 0 aliphatic rings. The van der Waals surface area contributed by atoms with Crippen LogP contribution in [0.1, 0.15) is 23.0 Å². The number of aromatic nitrogens is 2. The molecule has 0 atom stereocenters. The van der Waals surface area contributed by atoms with Crippen molar-refractivity contribution in [2.24, 2.45) is 0 Å². The summed E-state index contributed by atoms with van der Waals surface area (Å²) in [6, 6.07) is 3.77. The molecule has 3 heteroatoms. The van der Waals surface area contributed by atoms with Crippen LogP contribution in [0.15, 0.2) is 24.5 Å². The van der Waals surface area contributed by atoms with Crippen LogP contribution in [-0.4, -0.2) is 15.8 Å². The first-order valence-corrected chi connectivity index (χ1v) is 4.40. The third-order valence-corrected chi connectivity index (χ3v) is 2.11. The topological polar surface area (TPSA) is 42.9 Å². The number of nitrogens with zero attached hydrogens (tertiary/aromatic N) is 2. The number of ketones is 1. The quantitative estimate of drug-likeness (QED) is 0.641. The van der Waals surface area contributed by atoms with E-state index in [0.717, 1.165) is 16.6 Å². The van der Waals surface area contributed by atoms with E-state index in [0.29, 0.717) is 5.56 Å². The summed E-state index contributed by atoms with van der Waals surface area (Å²) in [4.78, 5) is 19.4. The van der Waals surface area contributed by atoms with Gasteiger partial charge in [-0.05, 0) is 26.0 Å². The lowest BCUT2D eigenvalue weighted by Crippen LogP contribution is -1.94. The van der Waals surface area contributed by atoms with E-state index >= 15 is 0 Å². The molecular weight excluding hydrogens is 176 g/mol. The number of pyridine rings is 2. The Morgan fingerprint density at radius 2 is 2.00 bits per heavy atom. The van der Waals surface area contributed by atoms with Crippen LogP contribution in [-0.2, 0) is 0 Å². The average molecular weight is 186 g/mol. The third kappa shape index (κ3) is 1.48. The fraction of sp³-hybridized carbons (Fsp3) is 0.182. The molecule has 2 aromatic rings. The number of rotatable bonds is 1. The zero-order chi connectivity index (χ0) is 10.1. The van der Waals surface area contributed by atoms with Crippen molar-refractivity contribution in [2.75, 3.05) is 0 Å². The van der Waals surface area contributed by atoms with Gasteiger partial charge < -0.3 is 0 Å². The van der Waals surface area contributed by atoms with Crippen molar-refractivity contribution in [3.05, 3.63) is 35.8 Å². The number of fused-ring (bicyclic) bond motifs is 1. The standard InChI is InChI=1S/C11H10N2O/c1-7-3-9-4-10(8(2)14)5-13-11(9)6-12-7/h3-6H,1-2H3. The normalized spacial score (nSPS) is 10.4. The largest absolute Gasteiger partial charge is 0.294 e. The van der Waals surface area contributed by atoms with Crippen LogP contribution in [0.4, 0.5) is 0 Å². The molecule has 0 bridgehead atoms. The van der Waals surface area contributed by atoms with Crippen molar-refractivity contribution in [3.63, 3.8) is 0 Å². The van der Waals surface area contributed by atoms with Crippen LogP contribution in [0, 0.1) is 6.92 Å². The Morgan fingerprint density at radius 1 is 1.21 bits per heavy atom. The van der Waals surface area contributed by atoms with Crippen molar-refractivity contribution in [1.82, 2.24) is 9.97 Å². The van der Waals surface area contributed by atoms with Crippen LogP contribution < -0.4 is 0 Å². The van der Waals surface area contributed by atoms with Gasteiger partial charge in [0.1, 0.15) is 0 Å². The summed E-state index contributed by atoms with van der Waals surface area (Å²) < 4.78 is 0. The van der Waals surface area contributed by atoms with Gasteiger partial charge in [-0.25, -0.2) is 0 Å². The highest BCUT2D eigenvalue weighted by molar-refractivity contribution is 5.97. The summed E-state index contributed by atoms with van der Waals surface area (Å²) in [5, 5.41) is 0.963. The lowest BCUT2D eigenvalue weighted by atomic mass is 10.1. The third-order valence-electron chi connectivity index (χ3n) is 2.11. The number of carbonyl (C=O) groups excluding carboxylic acids is 1. The van der Waals surface area contributed by atoms with Gasteiger partial charge in [-0.15, -0.1) is 0 Å². The van der Waals surface area contributed by atoms with Crippen LogP contribution in [0.25, 0.3) is 10.9 Å². The molecule has 0 amide bonds. The van der Waals surface area contributed by atoms with E-state index in [1.165, 1.54) is 6.92 Å². The minimum Gasteiger partial charge on any atom is -0.294 e. The summed E-state index contributed by atoms with van der Waals surface area (Å²) in [5.41, 5.74) is 2.39. The summed E-state index contributed by atoms with van der Waals surface area (Å²) >= 11 is 0. The number of hydrogen-bond acceptors (Lipinski definition) is 3. The highest BCUT2D eigenvalue weighted by atomic mass is 16.1. The molecule has 0 N–H and O–H groups in total. The first-order valence-electron chi connectivity index (χ1n) is 4.40. The molecule has 0 radical (unpaired) electrons. The molecule has 14 heavy (non-hydrogen) atoms. The minimum atomic E-state index is 0.0360. The minimum absolute atomic E-state index is 0.0360. The zero-order valence-electron chi connectivity index (χ0n) is 8.11. The predicted octanol–water partition coefficient (Wildman–Crippen LogP) is 2.14. The van der Waals surface area contributed by atoms with Crippen molar-refractivity contribution < 1.29 is 4.79 Å². The monoisotopic (exact) mass is 186 g/mol. The molecule has 2 aromatic heterocycles. The van der Waals surface area contributed by atoms with Crippen molar-refractivity contribution in [2.45, 2.75) is 13.8 Å². The molecule has 2 rings (SSSR count). The van der Waals surface area contributed by atoms with E-state index in [2.05, 4.69) is 9.97 Å². The molecule has 0 aromatic carbocycles. The molecule has 0 saturated heterocycles. The molecule has 0 fully saturated rings. The number of Topliss-reactive ketones (excluding diaryl/α,β-unsaturated/α-hetero) is 1. The number of aryl methyl sites for hydroxylation is 1. The van der Waals surface area contributed by atoms with E-state index in [1.54, 1.807) is 12.4 Å². The fourth-order valence-electron chi connectivity index (χ4n) is 1.33. The zero-order valence-corrected chi connectivity index (χ0v) is 8.11. The molecule has 2 heterocycles. The summed E-state index contributed by atoms with van der Waals surface area (Å²) in [6.45, 7) is 3.46. The second-order valence-corrected chi connectivity index (χ2v) is 3.30. The van der Waals surface area contributed by atoms with Crippen LogP contribution in [0.3, 0.4) is 0 Å². The first-order chi connectivity index (χ1) is 6.66. The van der Waals surface area contributed by atoms with Crippen LogP contribution in [0.2, 0.25) is 0 Å². The van der Waals surface area contributed by atoms with Gasteiger partial charge in [-0.3, -0.25) is 14.8 Å². The molecular formula is C11H10N2O. The maximum absolute atomic E-state index is 11.1. The van der Waals surface area contributed by atoms with Crippen LogP contribution >= 0.6 is 0 Å². The lowest BCUT2D eigenvalue weighted by Gasteiger charge is -1.99. The maximum atomic E-state index is 11.1. The van der Waals surface area contributed by atoms with Gasteiger partial charge in [0.2, 0.25) is 0 Å². The van der Waals surface area contributed by atoms with E-state index in [9.17, 15) is 4.79 Å². The highest BCUT2D eigenvalue weighted by Gasteiger charge is 2.02. The molecule has 0 aliphatic heterocycles. The second-order valence-electron chi connectivity index (χ2n) is 3.30. The number of hydrogen-bond donors (Lipinski definition) is 0. The number of carbonyl (C=O) groups is 1. The Labute approximate surface area is 81.8 Å². The van der Waals surface area contributed by atoms with Crippen LogP contribution in [0.5, 0.6) is 0 Å². The smallest absolute Gasteiger partial charge is 0.161 e. The molecule has 3 nitrogen and oxygen atoms in total. The molecule has 0 aliphatic carbocycles. The SMILES string of the molecule is CC(=O)c1cnc2cnc(C)cc2c1. The van der Waals surface area contributed by atoms with Gasteiger partial charge in [0.05, 0.1) is 11.7 Å². The maximum Gasteiger partial charge on any atom is 0.161 e. The summed E-state index contributed by atoms with van der Waals surface area (Å²) in [5.74, 6) is 0.0360. The van der Waals surface area contributed by atoms with Gasteiger partial charge in [0, 0.05) is 22.8 Å². The van der Waals surface area contributed by atoms with E-state index in [1.807, 2.05) is 19.1 Å². The van der Waals surface area contributed by atoms with Gasteiger partial charge in [0.15, 0.2) is 5.78 Å². The average Bonchev–Trinajstić information content (AvgIpc) is 2.16. The Morgan fingerprint density at radius 3 is 2.71 bits per heavy atom. The van der Waals surface area contributed by atoms with Gasteiger partial charge >= 0.3 is 0 Å². The van der Waals surface area contributed by atoms with Crippen molar-refractivity contribution in [1.29, 1.82) is 0 Å². The van der Waals surface area contributed by atoms with E-state index in [4.69, 9.17) is 0 Å². The molecule has 0 saturated carbocycles. The van der Waals surface area contributed by atoms with E-state index < -0.39 is 0 Å². The second kappa shape index (κ2) is 3.18. The van der Waals surface area contributed by atoms with Gasteiger partial charge in [-0.2, -0.15) is 0 Å². The Hall–Kier alpha value is -1.77. The fourth-order valence-corrected chi connectivity index (χ4v) is 1.33. The highest BCUT2D eigenvalue weighted by Crippen LogP contribution is 2.13. The summed E-state index contributed by atoms with van der Waals surface area (Å²) in [7, 11) is 0.